The highest BCUT2D eigenvalue weighted by molar-refractivity contribution is 6.02. The summed E-state index contributed by atoms with van der Waals surface area (Å²) in [6.45, 7) is 7.78. The average Bonchev–Trinajstić information content (AvgIpc) is 2.51. The molecule has 1 N–H and O–H groups in total. The second-order valence-electron chi connectivity index (χ2n) is 4.57. The molecule has 0 aromatic carbocycles. The van der Waals surface area contributed by atoms with E-state index >= 15 is 0 Å². The molecule has 0 spiro atoms. The molecule has 0 bridgehead atoms. The number of pyridine rings is 1. The highest BCUT2D eigenvalue weighted by atomic mass is 16.1. The van der Waals surface area contributed by atoms with Crippen LogP contribution in [0.5, 0.6) is 0 Å². The van der Waals surface area contributed by atoms with E-state index in [1.807, 2.05) is 19.1 Å². The number of hydrogen-bond acceptors (Lipinski definition) is 5. The smallest absolute Gasteiger partial charge is 0.275 e. The van der Waals surface area contributed by atoms with Crippen LogP contribution in [0.1, 0.15) is 30.0 Å². The van der Waals surface area contributed by atoms with Crippen molar-refractivity contribution in [1.82, 2.24) is 15.0 Å². The molecule has 6 heteroatoms. The minimum absolute atomic E-state index is 0.286. The van der Waals surface area contributed by atoms with Gasteiger partial charge in [0.15, 0.2) is 0 Å². The zero-order chi connectivity index (χ0) is 15.2. The normalized spacial score (nSPS) is 10.2. The number of carbonyl (C=O) groups is 1. The third-order valence-electron chi connectivity index (χ3n) is 3.11. The molecule has 0 aliphatic rings. The molecular formula is C15H19N5O. The van der Waals surface area contributed by atoms with Crippen molar-refractivity contribution in [2.24, 2.45) is 0 Å². The molecule has 0 unspecified atom stereocenters. The molecule has 0 radical (unpaired) electrons. The number of nitrogens with one attached hydrogen (secondary N) is 1. The van der Waals surface area contributed by atoms with Gasteiger partial charge in [0.2, 0.25) is 0 Å². The van der Waals surface area contributed by atoms with Gasteiger partial charge in [-0.05, 0) is 32.9 Å². The van der Waals surface area contributed by atoms with E-state index in [9.17, 15) is 4.79 Å². The number of nitrogens with zero attached hydrogens (tertiary/aromatic N) is 4. The standard InChI is InChI=1S/C15H19N5O/c1-4-20(5-2)14-7-6-12(9-18-14)19-15(21)13-10-16-11(3)8-17-13/h6-10H,4-5H2,1-3H3,(H,19,21). The van der Waals surface area contributed by atoms with E-state index < -0.39 is 0 Å². The maximum Gasteiger partial charge on any atom is 0.275 e. The summed E-state index contributed by atoms with van der Waals surface area (Å²) in [7, 11) is 0. The molecule has 0 aliphatic carbocycles. The van der Waals surface area contributed by atoms with E-state index in [0.29, 0.717) is 5.69 Å². The van der Waals surface area contributed by atoms with Crippen LogP contribution in [0, 0.1) is 6.92 Å². The Balaban J connectivity index is 2.06. The Morgan fingerprint density at radius 2 is 1.86 bits per heavy atom. The summed E-state index contributed by atoms with van der Waals surface area (Å²) in [6, 6.07) is 3.73. The monoisotopic (exact) mass is 285 g/mol. The van der Waals surface area contributed by atoms with Crippen LogP contribution in [0.25, 0.3) is 0 Å². The third-order valence-corrected chi connectivity index (χ3v) is 3.11. The van der Waals surface area contributed by atoms with Gasteiger partial charge < -0.3 is 10.2 Å². The Bertz CT molecular complexity index is 590. The predicted octanol–water partition coefficient (Wildman–Crippen LogP) is 2.28. The van der Waals surface area contributed by atoms with Gasteiger partial charge in [-0.25, -0.2) is 9.97 Å². The lowest BCUT2D eigenvalue weighted by atomic mass is 10.3. The van der Waals surface area contributed by atoms with E-state index in [-0.39, 0.29) is 11.6 Å². The van der Waals surface area contributed by atoms with Crippen molar-refractivity contribution >= 4 is 17.4 Å². The van der Waals surface area contributed by atoms with Crippen LogP contribution in [-0.4, -0.2) is 33.9 Å². The molecule has 21 heavy (non-hydrogen) atoms. The second-order valence-corrected chi connectivity index (χ2v) is 4.57. The van der Waals surface area contributed by atoms with E-state index in [1.54, 1.807) is 12.4 Å². The van der Waals surface area contributed by atoms with Gasteiger partial charge in [-0.15, -0.1) is 0 Å². The van der Waals surface area contributed by atoms with Gasteiger partial charge in [0.05, 0.1) is 23.8 Å². The van der Waals surface area contributed by atoms with Gasteiger partial charge in [0.1, 0.15) is 11.5 Å². The van der Waals surface area contributed by atoms with E-state index in [0.717, 1.165) is 24.6 Å². The lowest BCUT2D eigenvalue weighted by molar-refractivity contribution is 0.102. The fourth-order valence-corrected chi connectivity index (χ4v) is 1.90. The molecule has 2 aromatic rings. The number of hydrogen-bond donors (Lipinski definition) is 1. The number of aromatic nitrogens is 3. The van der Waals surface area contributed by atoms with Crippen LogP contribution in [0.3, 0.4) is 0 Å². The van der Waals surface area contributed by atoms with Crippen molar-refractivity contribution in [3.05, 3.63) is 42.1 Å². The maximum atomic E-state index is 12.0. The maximum absolute atomic E-state index is 12.0. The zero-order valence-corrected chi connectivity index (χ0v) is 12.5. The molecule has 0 atom stereocenters. The van der Waals surface area contributed by atoms with Crippen LogP contribution < -0.4 is 10.2 Å². The van der Waals surface area contributed by atoms with E-state index in [2.05, 4.69) is 39.0 Å². The third kappa shape index (κ3) is 3.75. The first-order valence-corrected chi connectivity index (χ1v) is 6.95. The quantitative estimate of drug-likeness (QED) is 0.912. The van der Waals surface area contributed by atoms with Crippen LogP contribution in [-0.2, 0) is 0 Å². The minimum Gasteiger partial charge on any atom is -0.357 e. The Hall–Kier alpha value is -2.50. The molecular weight excluding hydrogens is 266 g/mol. The number of amides is 1. The fraction of sp³-hybridized carbons (Fsp3) is 0.333. The Labute approximate surface area is 124 Å². The molecule has 2 rings (SSSR count). The minimum atomic E-state index is -0.292. The summed E-state index contributed by atoms with van der Waals surface area (Å²) in [6.07, 6.45) is 4.67. The Kier molecular flexibility index (Phi) is 4.81. The number of carbonyl (C=O) groups excluding carboxylic acids is 1. The topological polar surface area (TPSA) is 71.0 Å². The summed E-state index contributed by atoms with van der Waals surface area (Å²) in [5.41, 5.74) is 1.70. The predicted molar refractivity (Wildman–Crippen MR) is 82.5 cm³/mol. The van der Waals surface area contributed by atoms with Crippen molar-refractivity contribution in [1.29, 1.82) is 0 Å². The van der Waals surface area contributed by atoms with Crippen molar-refractivity contribution in [2.75, 3.05) is 23.3 Å². The largest absolute Gasteiger partial charge is 0.357 e. The first-order chi connectivity index (χ1) is 10.1. The molecule has 0 aliphatic heterocycles. The highest BCUT2D eigenvalue weighted by Gasteiger charge is 2.09. The molecule has 2 aromatic heterocycles. The average molecular weight is 285 g/mol. The number of anilines is 2. The van der Waals surface area contributed by atoms with Gasteiger partial charge in [-0.3, -0.25) is 9.78 Å². The number of rotatable bonds is 5. The SMILES string of the molecule is CCN(CC)c1ccc(NC(=O)c2cnc(C)cn2)cn1. The summed E-state index contributed by atoms with van der Waals surface area (Å²) in [5.74, 6) is 0.605. The van der Waals surface area contributed by atoms with E-state index in [4.69, 9.17) is 0 Å². The molecule has 0 fully saturated rings. The van der Waals surface area contributed by atoms with Crippen molar-refractivity contribution < 1.29 is 4.79 Å². The van der Waals surface area contributed by atoms with Gasteiger partial charge in [-0.1, -0.05) is 0 Å². The molecule has 0 saturated heterocycles. The first kappa shape index (κ1) is 14.9. The van der Waals surface area contributed by atoms with Crippen LogP contribution in [0.2, 0.25) is 0 Å². The molecule has 0 saturated carbocycles. The summed E-state index contributed by atoms with van der Waals surface area (Å²) in [4.78, 5) is 26.6. The fourth-order valence-electron chi connectivity index (χ4n) is 1.90. The van der Waals surface area contributed by atoms with Crippen LogP contribution >= 0.6 is 0 Å². The second kappa shape index (κ2) is 6.78. The summed E-state index contributed by atoms with van der Waals surface area (Å²) in [5, 5.41) is 2.76. The highest BCUT2D eigenvalue weighted by Crippen LogP contribution is 2.14. The van der Waals surface area contributed by atoms with Crippen LogP contribution in [0.4, 0.5) is 11.5 Å². The van der Waals surface area contributed by atoms with Crippen molar-refractivity contribution in [3.63, 3.8) is 0 Å². The van der Waals surface area contributed by atoms with Crippen molar-refractivity contribution in [3.8, 4) is 0 Å². The van der Waals surface area contributed by atoms with E-state index in [1.165, 1.54) is 6.20 Å². The van der Waals surface area contributed by atoms with Gasteiger partial charge in [0, 0.05) is 19.3 Å². The lowest BCUT2D eigenvalue weighted by Crippen LogP contribution is -2.23. The molecule has 2 heterocycles. The van der Waals surface area contributed by atoms with Crippen LogP contribution in [0.15, 0.2) is 30.7 Å². The van der Waals surface area contributed by atoms with Gasteiger partial charge in [0.25, 0.3) is 5.91 Å². The van der Waals surface area contributed by atoms with Gasteiger partial charge in [-0.2, -0.15) is 0 Å². The molecule has 110 valence electrons. The molecule has 6 nitrogen and oxygen atoms in total. The first-order valence-electron chi connectivity index (χ1n) is 6.95. The van der Waals surface area contributed by atoms with Gasteiger partial charge >= 0.3 is 0 Å². The lowest BCUT2D eigenvalue weighted by Gasteiger charge is -2.19. The summed E-state index contributed by atoms with van der Waals surface area (Å²) < 4.78 is 0. The summed E-state index contributed by atoms with van der Waals surface area (Å²) >= 11 is 0. The Morgan fingerprint density at radius 3 is 2.38 bits per heavy atom. The molecule has 1 amide bonds. The number of aryl methyl sites for hydroxylation is 1. The van der Waals surface area contributed by atoms with Crippen molar-refractivity contribution in [2.45, 2.75) is 20.8 Å². The Morgan fingerprint density at radius 1 is 1.10 bits per heavy atom. The zero-order valence-electron chi connectivity index (χ0n) is 12.5.